The van der Waals surface area contributed by atoms with Crippen LogP contribution in [0.15, 0.2) is 48.5 Å². The Bertz CT molecular complexity index is 516. The molecule has 1 nitrogen and oxygen atoms in total. The normalized spacial score (nSPS) is 14.1. The summed E-state index contributed by atoms with van der Waals surface area (Å²) in [5.41, 5.74) is 3.09. The van der Waals surface area contributed by atoms with Crippen molar-refractivity contribution < 1.29 is 5.11 Å². The van der Waals surface area contributed by atoms with Crippen LogP contribution in [0.4, 0.5) is 0 Å². The van der Waals surface area contributed by atoms with Gasteiger partial charge in [-0.25, -0.2) is 0 Å². The summed E-state index contributed by atoms with van der Waals surface area (Å²) in [4.78, 5) is 0. The monoisotopic (exact) mass is 274 g/mol. The van der Waals surface area contributed by atoms with E-state index in [0.717, 1.165) is 17.5 Å². The number of rotatable bonds is 4. The Hall–Kier alpha value is -1.31. The Morgan fingerprint density at radius 2 is 1.32 bits per heavy atom. The molecule has 100 valence electrons. The zero-order chi connectivity index (χ0) is 13.8. The third-order valence-corrected chi connectivity index (χ3v) is 3.87. The summed E-state index contributed by atoms with van der Waals surface area (Å²) in [5, 5.41) is 11.0. The van der Waals surface area contributed by atoms with Gasteiger partial charge in [0.15, 0.2) is 0 Å². The molecular weight excluding hydrogens is 256 g/mol. The molecule has 0 amide bonds. The molecule has 0 aliphatic heterocycles. The van der Waals surface area contributed by atoms with Crippen molar-refractivity contribution in [3.05, 3.63) is 70.2 Å². The van der Waals surface area contributed by atoms with Gasteiger partial charge in [-0.15, -0.1) is 0 Å². The van der Waals surface area contributed by atoms with E-state index in [1.54, 1.807) is 12.1 Å². The van der Waals surface area contributed by atoms with Crippen LogP contribution in [-0.4, -0.2) is 5.11 Å². The maximum absolute atomic E-state index is 10.3. The largest absolute Gasteiger partial charge is 0.384 e. The molecule has 0 spiro atoms. The van der Waals surface area contributed by atoms with E-state index in [4.69, 9.17) is 11.6 Å². The quantitative estimate of drug-likeness (QED) is 0.838. The van der Waals surface area contributed by atoms with Crippen molar-refractivity contribution in [2.24, 2.45) is 0 Å². The van der Waals surface area contributed by atoms with Gasteiger partial charge in [-0.05, 0) is 41.2 Å². The number of aliphatic hydroxyl groups excluding tert-OH is 1. The lowest BCUT2D eigenvalue weighted by Crippen LogP contribution is -2.00. The zero-order valence-electron chi connectivity index (χ0n) is 11.3. The standard InChI is InChI=1S/C17H19ClO/c1-3-12(2)13-4-6-14(7-5-13)17(19)15-8-10-16(18)11-9-15/h4-12,17,19H,3H2,1-2H3. The van der Waals surface area contributed by atoms with Crippen LogP contribution in [0.25, 0.3) is 0 Å². The highest BCUT2D eigenvalue weighted by molar-refractivity contribution is 6.30. The van der Waals surface area contributed by atoms with E-state index in [1.807, 2.05) is 24.3 Å². The molecular formula is C17H19ClO. The smallest absolute Gasteiger partial charge is 0.104 e. The zero-order valence-corrected chi connectivity index (χ0v) is 12.1. The topological polar surface area (TPSA) is 20.2 Å². The maximum atomic E-state index is 10.3. The van der Waals surface area contributed by atoms with Crippen LogP contribution in [0.3, 0.4) is 0 Å². The average Bonchev–Trinajstić information content (AvgIpc) is 2.46. The van der Waals surface area contributed by atoms with E-state index < -0.39 is 6.10 Å². The van der Waals surface area contributed by atoms with Crippen molar-refractivity contribution >= 4 is 11.6 Å². The second kappa shape index (κ2) is 6.23. The van der Waals surface area contributed by atoms with Gasteiger partial charge in [0, 0.05) is 5.02 Å². The fourth-order valence-corrected chi connectivity index (χ4v) is 2.21. The fourth-order valence-electron chi connectivity index (χ4n) is 2.08. The predicted octanol–water partition coefficient (Wildman–Crippen LogP) is 4.94. The lowest BCUT2D eigenvalue weighted by molar-refractivity contribution is 0.220. The average molecular weight is 275 g/mol. The molecule has 2 rings (SSSR count). The second-order valence-electron chi connectivity index (χ2n) is 4.93. The Balaban J connectivity index is 2.19. The number of hydrogen-bond acceptors (Lipinski definition) is 1. The van der Waals surface area contributed by atoms with Crippen molar-refractivity contribution in [2.75, 3.05) is 0 Å². The summed E-state index contributed by atoms with van der Waals surface area (Å²) in [5.74, 6) is 0.557. The van der Waals surface area contributed by atoms with Gasteiger partial charge in [0.05, 0.1) is 0 Å². The van der Waals surface area contributed by atoms with Crippen LogP contribution in [-0.2, 0) is 0 Å². The molecule has 2 heteroatoms. The molecule has 2 aromatic carbocycles. The molecule has 0 heterocycles. The van der Waals surface area contributed by atoms with Crippen molar-refractivity contribution in [1.29, 1.82) is 0 Å². The minimum atomic E-state index is -0.594. The summed E-state index contributed by atoms with van der Waals surface area (Å²) in [6, 6.07) is 15.5. The van der Waals surface area contributed by atoms with Crippen LogP contribution in [0.1, 0.15) is 49.0 Å². The molecule has 2 atom stereocenters. The lowest BCUT2D eigenvalue weighted by Gasteiger charge is -2.14. The molecule has 0 radical (unpaired) electrons. The molecule has 0 fully saturated rings. The second-order valence-corrected chi connectivity index (χ2v) is 5.37. The van der Waals surface area contributed by atoms with Crippen molar-refractivity contribution in [2.45, 2.75) is 32.3 Å². The van der Waals surface area contributed by atoms with Crippen LogP contribution < -0.4 is 0 Å². The van der Waals surface area contributed by atoms with Crippen molar-refractivity contribution in [3.63, 3.8) is 0 Å². The van der Waals surface area contributed by atoms with Gasteiger partial charge < -0.3 is 5.11 Å². The Labute approximate surface area is 119 Å². The van der Waals surface area contributed by atoms with Gasteiger partial charge in [0.1, 0.15) is 6.10 Å². The first-order valence-corrected chi connectivity index (χ1v) is 7.03. The summed E-state index contributed by atoms with van der Waals surface area (Å²) in [7, 11) is 0. The molecule has 0 saturated heterocycles. The third-order valence-electron chi connectivity index (χ3n) is 3.62. The van der Waals surface area contributed by atoms with Gasteiger partial charge in [0.25, 0.3) is 0 Å². The van der Waals surface area contributed by atoms with E-state index in [-0.39, 0.29) is 0 Å². The van der Waals surface area contributed by atoms with Crippen molar-refractivity contribution in [3.8, 4) is 0 Å². The first kappa shape index (κ1) is 14.1. The van der Waals surface area contributed by atoms with Crippen LogP contribution in [0.5, 0.6) is 0 Å². The summed E-state index contributed by atoms with van der Waals surface area (Å²) in [6.45, 7) is 4.39. The first-order valence-electron chi connectivity index (χ1n) is 6.65. The minimum absolute atomic E-state index is 0.557. The number of benzene rings is 2. The highest BCUT2D eigenvalue weighted by Gasteiger charge is 2.11. The van der Waals surface area contributed by atoms with E-state index in [1.165, 1.54) is 5.56 Å². The van der Waals surface area contributed by atoms with Gasteiger partial charge in [-0.1, -0.05) is 61.8 Å². The van der Waals surface area contributed by atoms with Crippen LogP contribution in [0.2, 0.25) is 5.02 Å². The highest BCUT2D eigenvalue weighted by atomic mass is 35.5. The summed E-state index contributed by atoms with van der Waals surface area (Å²) >= 11 is 5.85. The molecule has 19 heavy (non-hydrogen) atoms. The summed E-state index contributed by atoms with van der Waals surface area (Å²) < 4.78 is 0. The van der Waals surface area contributed by atoms with Crippen LogP contribution >= 0.6 is 11.6 Å². The van der Waals surface area contributed by atoms with Gasteiger partial charge in [0.2, 0.25) is 0 Å². The van der Waals surface area contributed by atoms with E-state index in [0.29, 0.717) is 10.9 Å². The fraction of sp³-hybridized carbons (Fsp3) is 0.294. The predicted molar refractivity (Wildman–Crippen MR) is 80.7 cm³/mol. The maximum Gasteiger partial charge on any atom is 0.104 e. The summed E-state index contributed by atoms with van der Waals surface area (Å²) in [6.07, 6.45) is 0.530. The lowest BCUT2D eigenvalue weighted by atomic mass is 9.95. The molecule has 0 aromatic heterocycles. The number of halogens is 1. The first-order chi connectivity index (χ1) is 9.11. The molecule has 0 bridgehead atoms. The highest BCUT2D eigenvalue weighted by Crippen LogP contribution is 2.25. The van der Waals surface area contributed by atoms with Gasteiger partial charge in [-0.3, -0.25) is 0 Å². The van der Waals surface area contributed by atoms with Crippen molar-refractivity contribution in [1.82, 2.24) is 0 Å². The number of hydrogen-bond donors (Lipinski definition) is 1. The van der Waals surface area contributed by atoms with Crippen LogP contribution in [0, 0.1) is 0 Å². The van der Waals surface area contributed by atoms with Gasteiger partial charge >= 0.3 is 0 Å². The number of aliphatic hydroxyl groups is 1. The van der Waals surface area contributed by atoms with E-state index in [2.05, 4.69) is 26.0 Å². The Kier molecular flexibility index (Phi) is 4.62. The Morgan fingerprint density at radius 3 is 1.79 bits per heavy atom. The van der Waals surface area contributed by atoms with E-state index >= 15 is 0 Å². The molecule has 0 aliphatic carbocycles. The SMILES string of the molecule is CCC(C)c1ccc(C(O)c2ccc(Cl)cc2)cc1. The molecule has 0 aliphatic rings. The molecule has 2 unspecified atom stereocenters. The minimum Gasteiger partial charge on any atom is -0.384 e. The Morgan fingerprint density at radius 1 is 0.895 bits per heavy atom. The third kappa shape index (κ3) is 3.37. The molecule has 1 N–H and O–H groups in total. The van der Waals surface area contributed by atoms with E-state index in [9.17, 15) is 5.11 Å². The molecule has 2 aromatic rings. The molecule has 0 saturated carbocycles. The van der Waals surface area contributed by atoms with Gasteiger partial charge in [-0.2, -0.15) is 0 Å².